The van der Waals surface area contributed by atoms with E-state index < -0.39 is 5.60 Å². The van der Waals surface area contributed by atoms with E-state index in [1.54, 1.807) is 4.90 Å². The third-order valence-corrected chi connectivity index (χ3v) is 5.61. The van der Waals surface area contributed by atoms with Gasteiger partial charge in [0.15, 0.2) is 0 Å². The number of H-pyrrole nitrogens is 1. The fourth-order valence-electron chi connectivity index (χ4n) is 3.04. The van der Waals surface area contributed by atoms with E-state index in [1.807, 2.05) is 45.0 Å². The van der Waals surface area contributed by atoms with Crippen molar-refractivity contribution in [3.05, 3.63) is 39.3 Å². The molecule has 1 aliphatic rings. The number of hydrogen-bond donors (Lipinski definition) is 1. The highest BCUT2D eigenvalue weighted by Crippen LogP contribution is 2.32. The lowest BCUT2D eigenvalue weighted by Gasteiger charge is -2.36. The normalized spacial score (nSPS) is 14.7. The van der Waals surface area contributed by atoms with Crippen molar-refractivity contribution < 1.29 is 9.53 Å². The van der Waals surface area contributed by atoms with Crippen LogP contribution in [-0.4, -0.2) is 47.8 Å². The van der Waals surface area contributed by atoms with E-state index in [2.05, 4.69) is 31.9 Å². The SMILES string of the molecule is CC(C)(C)OC(=O)N1CCN(c2[nH]c(-c3ccc(Cl)c(Br)c3)cc2C#N)CC1. The molecular weight excluding hydrogens is 444 g/mol. The summed E-state index contributed by atoms with van der Waals surface area (Å²) in [4.78, 5) is 19.4. The van der Waals surface area contributed by atoms with E-state index in [9.17, 15) is 10.1 Å². The first-order chi connectivity index (χ1) is 13.2. The predicted molar refractivity (Wildman–Crippen MR) is 114 cm³/mol. The lowest BCUT2D eigenvalue weighted by Crippen LogP contribution is -2.50. The Balaban J connectivity index is 1.75. The fraction of sp³-hybridized carbons (Fsp3) is 0.400. The largest absolute Gasteiger partial charge is 0.444 e. The first-order valence-corrected chi connectivity index (χ1v) is 10.2. The Morgan fingerprint density at radius 3 is 2.50 bits per heavy atom. The van der Waals surface area contributed by atoms with Crippen LogP contribution in [-0.2, 0) is 4.74 Å². The molecule has 1 N–H and O–H groups in total. The highest BCUT2D eigenvalue weighted by atomic mass is 79.9. The molecule has 1 aromatic carbocycles. The van der Waals surface area contributed by atoms with Crippen LogP contribution in [0.5, 0.6) is 0 Å². The van der Waals surface area contributed by atoms with Crippen LogP contribution in [0.25, 0.3) is 11.3 Å². The average molecular weight is 466 g/mol. The molecule has 1 aliphatic heterocycles. The quantitative estimate of drug-likeness (QED) is 0.675. The van der Waals surface area contributed by atoms with Crippen LogP contribution in [0.4, 0.5) is 10.6 Å². The lowest BCUT2D eigenvalue weighted by molar-refractivity contribution is 0.0240. The number of nitrogens with one attached hydrogen (secondary N) is 1. The van der Waals surface area contributed by atoms with Gasteiger partial charge < -0.3 is 19.5 Å². The highest BCUT2D eigenvalue weighted by Gasteiger charge is 2.27. The lowest BCUT2D eigenvalue weighted by atomic mass is 10.1. The molecule has 28 heavy (non-hydrogen) atoms. The van der Waals surface area contributed by atoms with Gasteiger partial charge in [-0.15, -0.1) is 0 Å². The maximum Gasteiger partial charge on any atom is 0.410 e. The second-order valence-electron chi connectivity index (χ2n) is 7.64. The van der Waals surface area contributed by atoms with Gasteiger partial charge in [0.25, 0.3) is 0 Å². The van der Waals surface area contributed by atoms with Crippen LogP contribution in [0, 0.1) is 11.3 Å². The third-order valence-electron chi connectivity index (χ3n) is 4.40. The minimum absolute atomic E-state index is 0.300. The van der Waals surface area contributed by atoms with Crippen molar-refractivity contribution >= 4 is 39.4 Å². The smallest absolute Gasteiger partial charge is 0.410 e. The number of nitrogens with zero attached hydrogens (tertiary/aromatic N) is 3. The fourth-order valence-corrected chi connectivity index (χ4v) is 3.53. The van der Waals surface area contributed by atoms with E-state index in [-0.39, 0.29) is 6.09 Å². The van der Waals surface area contributed by atoms with E-state index in [1.165, 1.54) is 0 Å². The number of piperazine rings is 1. The van der Waals surface area contributed by atoms with Gasteiger partial charge in [0, 0.05) is 36.3 Å². The molecule has 0 aliphatic carbocycles. The molecule has 2 heterocycles. The van der Waals surface area contributed by atoms with Gasteiger partial charge in [-0.3, -0.25) is 0 Å². The summed E-state index contributed by atoms with van der Waals surface area (Å²) in [5.41, 5.74) is 1.85. The Morgan fingerprint density at radius 1 is 1.25 bits per heavy atom. The maximum absolute atomic E-state index is 12.2. The summed E-state index contributed by atoms with van der Waals surface area (Å²) in [5.74, 6) is 0.771. The molecule has 2 aromatic rings. The number of carbonyl (C=O) groups is 1. The Morgan fingerprint density at radius 2 is 1.93 bits per heavy atom. The number of ether oxygens (including phenoxy) is 1. The summed E-state index contributed by atoms with van der Waals surface area (Å²) in [6.07, 6.45) is -0.300. The first-order valence-electron chi connectivity index (χ1n) is 8.99. The molecule has 148 valence electrons. The van der Waals surface area contributed by atoms with E-state index in [0.717, 1.165) is 21.5 Å². The second-order valence-corrected chi connectivity index (χ2v) is 8.90. The molecule has 0 unspecified atom stereocenters. The Labute approximate surface area is 178 Å². The molecule has 0 saturated carbocycles. The molecule has 1 amide bonds. The van der Waals surface area contributed by atoms with Crippen LogP contribution >= 0.6 is 27.5 Å². The van der Waals surface area contributed by atoms with Crippen molar-refractivity contribution in [1.82, 2.24) is 9.88 Å². The summed E-state index contributed by atoms with van der Waals surface area (Å²) in [7, 11) is 0. The van der Waals surface area contributed by atoms with E-state index >= 15 is 0 Å². The highest BCUT2D eigenvalue weighted by molar-refractivity contribution is 9.10. The van der Waals surface area contributed by atoms with Crippen LogP contribution in [0.1, 0.15) is 26.3 Å². The molecule has 1 aromatic heterocycles. The molecule has 0 bridgehead atoms. The van der Waals surface area contributed by atoms with Gasteiger partial charge in [-0.05, 0) is 60.5 Å². The van der Waals surface area contributed by atoms with Crippen LogP contribution in [0.2, 0.25) is 5.02 Å². The van der Waals surface area contributed by atoms with Gasteiger partial charge in [0.1, 0.15) is 17.5 Å². The van der Waals surface area contributed by atoms with Crippen molar-refractivity contribution in [3.8, 4) is 17.3 Å². The number of hydrogen-bond acceptors (Lipinski definition) is 4. The topological polar surface area (TPSA) is 72.4 Å². The zero-order chi connectivity index (χ0) is 20.5. The molecule has 0 atom stereocenters. The van der Waals surface area contributed by atoms with Gasteiger partial charge in [-0.25, -0.2) is 4.79 Å². The van der Waals surface area contributed by atoms with Crippen molar-refractivity contribution in [3.63, 3.8) is 0 Å². The Kier molecular flexibility index (Phi) is 5.92. The molecule has 3 rings (SSSR count). The van der Waals surface area contributed by atoms with Gasteiger partial charge in [-0.1, -0.05) is 17.7 Å². The van der Waals surface area contributed by atoms with Crippen molar-refractivity contribution in [2.75, 3.05) is 31.1 Å². The van der Waals surface area contributed by atoms with Crippen LogP contribution < -0.4 is 4.90 Å². The minimum Gasteiger partial charge on any atom is -0.444 e. The molecule has 0 radical (unpaired) electrons. The summed E-state index contributed by atoms with van der Waals surface area (Å²) >= 11 is 9.51. The molecule has 8 heteroatoms. The van der Waals surface area contributed by atoms with Gasteiger partial charge in [0.05, 0.1) is 10.6 Å². The predicted octanol–water partition coefficient (Wildman–Crippen LogP) is 5.03. The van der Waals surface area contributed by atoms with Crippen molar-refractivity contribution in [2.24, 2.45) is 0 Å². The molecular formula is C20H22BrClN4O2. The van der Waals surface area contributed by atoms with Crippen LogP contribution in [0.3, 0.4) is 0 Å². The van der Waals surface area contributed by atoms with Gasteiger partial charge in [-0.2, -0.15) is 5.26 Å². The van der Waals surface area contributed by atoms with Gasteiger partial charge in [0.2, 0.25) is 0 Å². The summed E-state index contributed by atoms with van der Waals surface area (Å²) in [5, 5.41) is 10.2. The first kappa shape index (κ1) is 20.6. The number of rotatable bonds is 2. The summed E-state index contributed by atoms with van der Waals surface area (Å²) < 4.78 is 6.24. The maximum atomic E-state index is 12.2. The monoisotopic (exact) mass is 464 g/mol. The van der Waals surface area contributed by atoms with Gasteiger partial charge >= 0.3 is 6.09 Å². The van der Waals surface area contributed by atoms with E-state index in [4.69, 9.17) is 16.3 Å². The Bertz CT molecular complexity index is 921. The van der Waals surface area contributed by atoms with E-state index in [0.29, 0.717) is 36.8 Å². The average Bonchev–Trinajstić information content (AvgIpc) is 3.07. The summed E-state index contributed by atoms with van der Waals surface area (Å²) in [6, 6.07) is 9.73. The van der Waals surface area contributed by atoms with Crippen molar-refractivity contribution in [2.45, 2.75) is 26.4 Å². The molecule has 1 fully saturated rings. The molecule has 0 spiro atoms. The number of amides is 1. The third kappa shape index (κ3) is 4.62. The number of anilines is 1. The number of aromatic amines is 1. The molecule has 1 saturated heterocycles. The minimum atomic E-state index is -0.511. The van der Waals surface area contributed by atoms with Crippen molar-refractivity contribution in [1.29, 1.82) is 5.26 Å². The number of halogens is 2. The number of carbonyl (C=O) groups excluding carboxylic acids is 1. The molecule has 6 nitrogen and oxygen atoms in total. The number of benzene rings is 1. The number of nitriles is 1. The Hall–Kier alpha value is -2.17. The summed E-state index contributed by atoms with van der Waals surface area (Å²) in [6.45, 7) is 7.90. The van der Waals surface area contributed by atoms with Crippen LogP contribution in [0.15, 0.2) is 28.7 Å². The number of aromatic nitrogens is 1. The standard InChI is InChI=1S/C20H22BrClN4O2/c1-20(2,3)28-19(27)26-8-6-25(7-9-26)18-14(12-23)11-17(24-18)13-4-5-16(22)15(21)10-13/h4-5,10-11,24H,6-9H2,1-3H3. The second kappa shape index (κ2) is 8.06. The zero-order valence-corrected chi connectivity index (χ0v) is 18.4. The zero-order valence-electron chi connectivity index (χ0n) is 16.1.